The summed E-state index contributed by atoms with van der Waals surface area (Å²) in [6.07, 6.45) is 3.08. The SMILES string of the molecule is COCC#CCC(O)c1cn[nH]c1. The molecule has 0 saturated carbocycles. The Labute approximate surface area is 76.9 Å². The highest BCUT2D eigenvalue weighted by Gasteiger charge is 2.05. The minimum Gasteiger partial charge on any atom is -0.387 e. The molecule has 1 aromatic heterocycles. The van der Waals surface area contributed by atoms with E-state index >= 15 is 0 Å². The number of H-pyrrole nitrogens is 1. The molecule has 1 aromatic rings. The number of aliphatic hydroxyl groups is 1. The zero-order valence-electron chi connectivity index (χ0n) is 7.45. The first-order valence-electron chi connectivity index (χ1n) is 3.96. The first-order chi connectivity index (χ1) is 6.34. The normalized spacial score (nSPS) is 11.8. The van der Waals surface area contributed by atoms with Gasteiger partial charge in [-0.3, -0.25) is 5.10 Å². The van der Waals surface area contributed by atoms with Gasteiger partial charge in [0.1, 0.15) is 6.61 Å². The lowest BCUT2D eigenvalue weighted by Gasteiger charge is -2.01. The van der Waals surface area contributed by atoms with Crippen molar-refractivity contribution >= 4 is 0 Å². The lowest BCUT2D eigenvalue weighted by atomic mass is 10.1. The van der Waals surface area contributed by atoms with E-state index in [-0.39, 0.29) is 0 Å². The number of nitrogens with one attached hydrogen (secondary N) is 1. The van der Waals surface area contributed by atoms with Gasteiger partial charge in [0.2, 0.25) is 0 Å². The van der Waals surface area contributed by atoms with Crippen molar-refractivity contribution in [2.24, 2.45) is 0 Å². The van der Waals surface area contributed by atoms with Gasteiger partial charge in [-0.25, -0.2) is 0 Å². The van der Waals surface area contributed by atoms with E-state index in [1.165, 1.54) is 0 Å². The first-order valence-corrected chi connectivity index (χ1v) is 3.96. The fraction of sp³-hybridized carbons (Fsp3) is 0.444. The van der Waals surface area contributed by atoms with Gasteiger partial charge in [0.05, 0.1) is 12.3 Å². The molecule has 4 nitrogen and oxygen atoms in total. The highest BCUT2D eigenvalue weighted by molar-refractivity contribution is 5.11. The fourth-order valence-electron chi connectivity index (χ4n) is 0.853. The van der Waals surface area contributed by atoms with Crippen LogP contribution >= 0.6 is 0 Å². The van der Waals surface area contributed by atoms with Crippen LogP contribution in [0, 0.1) is 11.8 Å². The number of rotatable bonds is 3. The standard InChI is InChI=1S/C9H12N2O2/c1-13-5-3-2-4-9(12)8-6-10-11-7-8/h6-7,9,12H,4-5H2,1H3,(H,10,11). The second kappa shape index (κ2) is 5.36. The monoisotopic (exact) mass is 180 g/mol. The molecule has 1 atom stereocenters. The van der Waals surface area contributed by atoms with Crippen LogP contribution in [0.2, 0.25) is 0 Å². The summed E-state index contributed by atoms with van der Waals surface area (Å²) in [7, 11) is 1.58. The van der Waals surface area contributed by atoms with E-state index in [1.54, 1.807) is 19.5 Å². The number of ether oxygens (including phenoxy) is 1. The lowest BCUT2D eigenvalue weighted by Crippen LogP contribution is -1.93. The van der Waals surface area contributed by atoms with Crippen LogP contribution in [0.5, 0.6) is 0 Å². The molecule has 0 saturated heterocycles. The molecule has 0 bridgehead atoms. The maximum atomic E-state index is 9.51. The van der Waals surface area contributed by atoms with Crippen LogP contribution in [0.4, 0.5) is 0 Å². The molecule has 1 rings (SSSR count). The largest absolute Gasteiger partial charge is 0.387 e. The highest BCUT2D eigenvalue weighted by Crippen LogP contribution is 2.12. The predicted octanol–water partition coefficient (Wildman–Crippen LogP) is 0.483. The van der Waals surface area contributed by atoms with Crippen molar-refractivity contribution in [1.82, 2.24) is 10.2 Å². The molecule has 0 aliphatic carbocycles. The Kier molecular flexibility index (Phi) is 4.03. The van der Waals surface area contributed by atoms with Crippen molar-refractivity contribution in [3.8, 4) is 11.8 Å². The van der Waals surface area contributed by atoms with Crippen LogP contribution in [0.3, 0.4) is 0 Å². The summed E-state index contributed by atoms with van der Waals surface area (Å²) in [6, 6.07) is 0. The minimum atomic E-state index is -0.567. The van der Waals surface area contributed by atoms with Crippen LogP contribution < -0.4 is 0 Å². The van der Waals surface area contributed by atoms with Crippen LogP contribution in [0.1, 0.15) is 18.1 Å². The molecule has 70 valence electrons. The van der Waals surface area contributed by atoms with Crippen LogP contribution in [-0.2, 0) is 4.74 Å². The average molecular weight is 180 g/mol. The lowest BCUT2D eigenvalue weighted by molar-refractivity contribution is 0.184. The van der Waals surface area contributed by atoms with Gasteiger partial charge in [-0.15, -0.1) is 0 Å². The number of aliphatic hydroxyl groups excluding tert-OH is 1. The van der Waals surface area contributed by atoms with Gasteiger partial charge in [-0.2, -0.15) is 5.10 Å². The third-order valence-electron chi connectivity index (χ3n) is 1.54. The Balaban J connectivity index is 2.35. The van der Waals surface area contributed by atoms with Crippen LogP contribution in [-0.4, -0.2) is 29.0 Å². The number of hydrogen-bond acceptors (Lipinski definition) is 3. The molecule has 2 N–H and O–H groups in total. The smallest absolute Gasteiger partial charge is 0.107 e. The Morgan fingerprint density at radius 3 is 3.15 bits per heavy atom. The molecular weight excluding hydrogens is 168 g/mol. The van der Waals surface area contributed by atoms with Crippen LogP contribution in [0.25, 0.3) is 0 Å². The zero-order valence-corrected chi connectivity index (χ0v) is 7.45. The van der Waals surface area contributed by atoms with E-state index in [0.717, 1.165) is 5.56 Å². The Bertz CT molecular complexity index is 284. The summed E-state index contributed by atoms with van der Waals surface area (Å²) in [5.41, 5.74) is 0.756. The summed E-state index contributed by atoms with van der Waals surface area (Å²) in [5.74, 6) is 5.57. The van der Waals surface area contributed by atoms with E-state index < -0.39 is 6.10 Å². The third-order valence-corrected chi connectivity index (χ3v) is 1.54. The van der Waals surface area contributed by atoms with Gasteiger partial charge in [0.15, 0.2) is 0 Å². The second-order valence-corrected chi connectivity index (χ2v) is 2.54. The van der Waals surface area contributed by atoms with E-state index in [4.69, 9.17) is 4.74 Å². The molecule has 4 heteroatoms. The highest BCUT2D eigenvalue weighted by atomic mass is 16.5. The molecule has 13 heavy (non-hydrogen) atoms. The van der Waals surface area contributed by atoms with Gasteiger partial charge in [-0.05, 0) is 0 Å². The first kappa shape index (κ1) is 9.78. The van der Waals surface area contributed by atoms with E-state index in [1.807, 2.05) is 0 Å². The number of methoxy groups -OCH3 is 1. The van der Waals surface area contributed by atoms with Crippen molar-refractivity contribution in [1.29, 1.82) is 0 Å². The number of aromatic nitrogens is 2. The maximum absolute atomic E-state index is 9.51. The number of aromatic amines is 1. The van der Waals surface area contributed by atoms with Crippen molar-refractivity contribution in [2.75, 3.05) is 13.7 Å². The van der Waals surface area contributed by atoms with E-state index in [9.17, 15) is 5.11 Å². The van der Waals surface area contributed by atoms with Gasteiger partial charge >= 0.3 is 0 Å². The second-order valence-electron chi connectivity index (χ2n) is 2.54. The van der Waals surface area contributed by atoms with Crippen LogP contribution in [0.15, 0.2) is 12.4 Å². The van der Waals surface area contributed by atoms with Crippen molar-refractivity contribution in [3.63, 3.8) is 0 Å². The Morgan fingerprint density at radius 1 is 1.69 bits per heavy atom. The Morgan fingerprint density at radius 2 is 2.54 bits per heavy atom. The molecule has 0 amide bonds. The number of hydrogen-bond donors (Lipinski definition) is 2. The van der Waals surface area contributed by atoms with Crippen molar-refractivity contribution < 1.29 is 9.84 Å². The Hall–Kier alpha value is -1.31. The molecule has 1 unspecified atom stereocenters. The summed E-state index contributed by atoms with van der Waals surface area (Å²) >= 11 is 0. The molecule has 0 aromatic carbocycles. The van der Waals surface area contributed by atoms with Gasteiger partial charge in [0, 0.05) is 25.3 Å². The van der Waals surface area contributed by atoms with Gasteiger partial charge in [0.25, 0.3) is 0 Å². The van der Waals surface area contributed by atoms with E-state index in [0.29, 0.717) is 13.0 Å². The topological polar surface area (TPSA) is 58.1 Å². The van der Waals surface area contributed by atoms with Gasteiger partial charge in [-0.1, -0.05) is 11.8 Å². The quantitative estimate of drug-likeness (QED) is 0.665. The summed E-state index contributed by atoms with van der Waals surface area (Å²) in [6.45, 7) is 0.401. The van der Waals surface area contributed by atoms with Crippen molar-refractivity contribution in [3.05, 3.63) is 18.0 Å². The summed E-state index contributed by atoms with van der Waals surface area (Å²) in [4.78, 5) is 0. The predicted molar refractivity (Wildman–Crippen MR) is 47.8 cm³/mol. The summed E-state index contributed by atoms with van der Waals surface area (Å²) < 4.78 is 4.74. The zero-order chi connectivity index (χ0) is 9.52. The molecule has 0 fully saturated rings. The fourth-order valence-corrected chi connectivity index (χ4v) is 0.853. The van der Waals surface area contributed by atoms with Crippen molar-refractivity contribution in [2.45, 2.75) is 12.5 Å². The average Bonchev–Trinajstić information content (AvgIpc) is 2.65. The van der Waals surface area contributed by atoms with E-state index in [2.05, 4.69) is 22.0 Å². The minimum absolute atomic E-state index is 0.401. The molecule has 0 spiro atoms. The van der Waals surface area contributed by atoms with Gasteiger partial charge < -0.3 is 9.84 Å². The molecule has 0 radical (unpaired) electrons. The molecule has 0 aliphatic rings. The summed E-state index contributed by atoms with van der Waals surface area (Å²) in [5, 5.41) is 15.9. The third kappa shape index (κ3) is 3.28. The molecule has 1 heterocycles. The molecule has 0 aliphatic heterocycles. The molecular formula is C9H12N2O2. The maximum Gasteiger partial charge on any atom is 0.107 e. The number of nitrogens with zero attached hydrogens (tertiary/aromatic N) is 1.